The standard InChI is InChI=1S/C15H31N7O3S/c1-26(23,24)22-3-2-11-12(10-8-17-14(16)18-9-10)19-15(20-13(11)22)21-4-6-25-7-5-21/h10-15,17-20H,2-9,16H2,1H3. The van der Waals surface area contributed by atoms with Crippen LogP contribution in [0.3, 0.4) is 0 Å². The predicted octanol–water partition coefficient (Wildman–Crippen LogP) is -3.18. The van der Waals surface area contributed by atoms with Gasteiger partial charge >= 0.3 is 0 Å². The van der Waals surface area contributed by atoms with E-state index in [1.807, 2.05) is 0 Å². The molecule has 10 nitrogen and oxygen atoms in total. The first-order chi connectivity index (χ1) is 12.4. The molecule has 11 heteroatoms. The molecule has 0 aromatic heterocycles. The molecule has 4 unspecified atom stereocenters. The Morgan fingerprint density at radius 3 is 2.42 bits per heavy atom. The van der Waals surface area contributed by atoms with Crippen LogP contribution in [0.25, 0.3) is 0 Å². The molecule has 6 N–H and O–H groups in total. The average molecular weight is 390 g/mol. The molecule has 0 amide bonds. The summed E-state index contributed by atoms with van der Waals surface area (Å²) in [6.45, 7) is 5.29. The van der Waals surface area contributed by atoms with Crippen molar-refractivity contribution in [3.8, 4) is 0 Å². The molecule has 4 aliphatic heterocycles. The van der Waals surface area contributed by atoms with Gasteiger partial charge < -0.3 is 10.5 Å². The van der Waals surface area contributed by atoms with E-state index in [1.165, 1.54) is 6.26 Å². The summed E-state index contributed by atoms with van der Waals surface area (Å²) in [7, 11) is -3.24. The van der Waals surface area contributed by atoms with E-state index in [4.69, 9.17) is 10.5 Å². The van der Waals surface area contributed by atoms with Crippen LogP contribution in [0.15, 0.2) is 0 Å². The Hall–Kier alpha value is -0.370. The minimum Gasteiger partial charge on any atom is -0.379 e. The largest absolute Gasteiger partial charge is 0.379 e. The van der Waals surface area contributed by atoms with Crippen LogP contribution in [0.2, 0.25) is 0 Å². The fraction of sp³-hybridized carbons (Fsp3) is 1.00. The first-order valence-electron chi connectivity index (χ1n) is 9.46. The molecule has 0 aliphatic carbocycles. The van der Waals surface area contributed by atoms with Crippen LogP contribution in [0.4, 0.5) is 0 Å². The third kappa shape index (κ3) is 3.77. The molecular weight excluding hydrogens is 358 g/mol. The maximum absolute atomic E-state index is 12.3. The maximum Gasteiger partial charge on any atom is 0.212 e. The van der Waals surface area contributed by atoms with Gasteiger partial charge in [-0.05, 0) is 12.3 Å². The van der Waals surface area contributed by atoms with Gasteiger partial charge in [-0.2, -0.15) is 4.31 Å². The molecule has 0 saturated carbocycles. The van der Waals surface area contributed by atoms with E-state index in [0.29, 0.717) is 25.7 Å². The number of sulfonamides is 1. The molecular formula is C15H31N7O3S. The Kier molecular flexibility index (Phi) is 5.52. The first kappa shape index (κ1) is 19.0. The summed E-state index contributed by atoms with van der Waals surface area (Å²) in [6, 6.07) is 0.216. The molecule has 4 rings (SSSR count). The molecule has 0 aromatic carbocycles. The van der Waals surface area contributed by atoms with E-state index in [9.17, 15) is 8.42 Å². The predicted molar refractivity (Wildman–Crippen MR) is 97.2 cm³/mol. The molecule has 26 heavy (non-hydrogen) atoms. The van der Waals surface area contributed by atoms with Crippen molar-refractivity contribution >= 4 is 10.0 Å². The summed E-state index contributed by atoms with van der Waals surface area (Å²) in [5.41, 5.74) is 5.89. The number of hydrogen-bond donors (Lipinski definition) is 5. The lowest BCUT2D eigenvalue weighted by Crippen LogP contribution is -2.74. The molecule has 4 aliphatic rings. The van der Waals surface area contributed by atoms with Gasteiger partial charge in [0.25, 0.3) is 0 Å². The zero-order valence-electron chi connectivity index (χ0n) is 15.2. The number of ether oxygens (including phenoxy) is 1. The van der Waals surface area contributed by atoms with E-state index in [2.05, 4.69) is 26.2 Å². The first-order valence-corrected chi connectivity index (χ1v) is 11.3. The van der Waals surface area contributed by atoms with Crippen LogP contribution in [-0.4, -0.2) is 94.6 Å². The summed E-state index contributed by atoms with van der Waals surface area (Å²) in [5.74, 6) is 0.595. The van der Waals surface area contributed by atoms with Crippen molar-refractivity contribution in [2.24, 2.45) is 17.6 Å². The third-order valence-corrected chi connectivity index (χ3v) is 7.35. The van der Waals surface area contributed by atoms with Crippen LogP contribution in [0.5, 0.6) is 0 Å². The Morgan fingerprint density at radius 2 is 1.77 bits per heavy atom. The summed E-state index contributed by atoms with van der Waals surface area (Å²) >= 11 is 0. The lowest BCUT2D eigenvalue weighted by Gasteiger charge is -2.50. The summed E-state index contributed by atoms with van der Waals surface area (Å²) < 4.78 is 31.7. The number of morpholine rings is 1. The fourth-order valence-electron chi connectivity index (χ4n) is 4.74. The topological polar surface area (TPSA) is 124 Å². The maximum atomic E-state index is 12.3. The summed E-state index contributed by atoms with van der Waals surface area (Å²) in [5, 5.41) is 13.9. The molecule has 0 bridgehead atoms. The van der Waals surface area contributed by atoms with Crippen molar-refractivity contribution in [3.63, 3.8) is 0 Å². The molecule has 0 aromatic rings. The normalized spacial score (nSPS) is 43.3. The van der Waals surface area contributed by atoms with Crippen molar-refractivity contribution in [2.75, 3.05) is 52.2 Å². The highest BCUT2D eigenvalue weighted by molar-refractivity contribution is 7.88. The van der Waals surface area contributed by atoms with Gasteiger partial charge in [-0.1, -0.05) is 0 Å². The van der Waals surface area contributed by atoms with E-state index >= 15 is 0 Å². The van der Waals surface area contributed by atoms with Crippen LogP contribution >= 0.6 is 0 Å². The smallest absolute Gasteiger partial charge is 0.212 e. The minimum atomic E-state index is -3.24. The Balaban J connectivity index is 1.55. The SMILES string of the molecule is CS(=O)(=O)N1CCC2C(C3CNC(N)NC3)NC(N3CCOCC3)NC21. The van der Waals surface area contributed by atoms with Gasteiger partial charge in [0.15, 0.2) is 0 Å². The van der Waals surface area contributed by atoms with Crippen LogP contribution in [0, 0.1) is 11.8 Å². The molecule has 4 heterocycles. The Bertz CT molecular complexity index is 592. The highest BCUT2D eigenvalue weighted by Crippen LogP contribution is 2.34. The van der Waals surface area contributed by atoms with Crippen LogP contribution < -0.4 is 27.0 Å². The molecule has 4 fully saturated rings. The number of fused-ring (bicyclic) bond motifs is 1. The second-order valence-corrected chi connectivity index (χ2v) is 9.67. The monoisotopic (exact) mass is 389 g/mol. The van der Waals surface area contributed by atoms with Gasteiger partial charge in [0, 0.05) is 44.7 Å². The van der Waals surface area contributed by atoms with Crippen molar-refractivity contribution in [1.29, 1.82) is 0 Å². The quantitative estimate of drug-likeness (QED) is 0.340. The Morgan fingerprint density at radius 1 is 1.08 bits per heavy atom. The van der Waals surface area contributed by atoms with E-state index in [0.717, 1.165) is 32.6 Å². The van der Waals surface area contributed by atoms with E-state index in [-0.39, 0.29) is 30.7 Å². The highest BCUT2D eigenvalue weighted by atomic mass is 32.2. The summed E-state index contributed by atoms with van der Waals surface area (Å²) in [6.07, 6.45) is 1.78. The van der Waals surface area contributed by atoms with Gasteiger partial charge in [-0.25, -0.2) is 8.42 Å². The highest BCUT2D eigenvalue weighted by Gasteiger charge is 2.50. The van der Waals surface area contributed by atoms with Crippen molar-refractivity contribution in [1.82, 2.24) is 30.5 Å². The lowest BCUT2D eigenvalue weighted by molar-refractivity contribution is -0.0382. The zero-order chi connectivity index (χ0) is 18.3. The number of hydrogen-bond acceptors (Lipinski definition) is 9. The molecule has 150 valence electrons. The number of rotatable bonds is 3. The molecule has 0 spiro atoms. The molecule has 0 radical (unpaired) electrons. The Labute approximate surface area is 155 Å². The van der Waals surface area contributed by atoms with Gasteiger partial charge in [-0.3, -0.25) is 26.2 Å². The van der Waals surface area contributed by atoms with Crippen molar-refractivity contribution in [2.45, 2.75) is 31.2 Å². The van der Waals surface area contributed by atoms with Gasteiger partial charge in [-0.15, -0.1) is 0 Å². The number of nitrogens with one attached hydrogen (secondary N) is 4. The van der Waals surface area contributed by atoms with E-state index < -0.39 is 10.0 Å². The summed E-state index contributed by atoms with van der Waals surface area (Å²) in [4.78, 5) is 2.31. The molecule has 4 saturated heterocycles. The average Bonchev–Trinajstić information content (AvgIpc) is 3.07. The number of nitrogens with two attached hydrogens (primary N) is 1. The second-order valence-electron chi connectivity index (χ2n) is 7.74. The molecule has 4 atom stereocenters. The second kappa shape index (κ2) is 7.57. The number of nitrogens with zero attached hydrogens (tertiary/aromatic N) is 2. The minimum absolute atomic E-state index is 0.0527. The van der Waals surface area contributed by atoms with Gasteiger partial charge in [0.2, 0.25) is 10.0 Å². The van der Waals surface area contributed by atoms with Crippen LogP contribution in [-0.2, 0) is 14.8 Å². The fourth-order valence-corrected chi connectivity index (χ4v) is 5.81. The third-order valence-electron chi connectivity index (χ3n) is 6.08. The lowest BCUT2D eigenvalue weighted by atomic mass is 9.83. The van der Waals surface area contributed by atoms with Crippen molar-refractivity contribution in [3.05, 3.63) is 0 Å². The van der Waals surface area contributed by atoms with Crippen LogP contribution in [0.1, 0.15) is 6.42 Å². The van der Waals surface area contributed by atoms with Gasteiger partial charge in [0.05, 0.1) is 25.6 Å². The van der Waals surface area contributed by atoms with Gasteiger partial charge in [0.1, 0.15) is 12.6 Å². The van der Waals surface area contributed by atoms with E-state index in [1.54, 1.807) is 4.31 Å². The van der Waals surface area contributed by atoms with Crippen molar-refractivity contribution < 1.29 is 13.2 Å². The zero-order valence-corrected chi connectivity index (χ0v) is 16.0.